The minimum absolute atomic E-state index is 0.806. The smallest absolute Gasteiger partial charge is 0.00928 e. The number of rotatable bonds is 3. The standard InChI is InChI=1S/C14H28N2/c1-12-6-3-4-8-14(12)15-10-13-7-5-9-16(2)11-13/h12-15H,3-11H2,1-2H3. The number of nitrogens with one attached hydrogen (secondary N) is 1. The van der Waals surface area contributed by atoms with Gasteiger partial charge in [-0.1, -0.05) is 19.8 Å². The fourth-order valence-electron chi connectivity index (χ4n) is 3.38. The van der Waals surface area contributed by atoms with Gasteiger partial charge in [-0.3, -0.25) is 0 Å². The van der Waals surface area contributed by atoms with Gasteiger partial charge in [0.25, 0.3) is 0 Å². The van der Waals surface area contributed by atoms with Crippen molar-refractivity contribution in [3.63, 3.8) is 0 Å². The molecule has 3 unspecified atom stereocenters. The number of hydrogen-bond donors (Lipinski definition) is 1. The minimum Gasteiger partial charge on any atom is -0.313 e. The van der Waals surface area contributed by atoms with Gasteiger partial charge in [-0.25, -0.2) is 0 Å². The molecule has 2 aliphatic rings. The van der Waals surface area contributed by atoms with Crippen molar-refractivity contribution in [3.8, 4) is 0 Å². The number of likely N-dealkylation sites (tertiary alicyclic amines) is 1. The molecule has 1 aliphatic heterocycles. The van der Waals surface area contributed by atoms with Gasteiger partial charge < -0.3 is 10.2 Å². The second-order valence-electron chi connectivity index (χ2n) is 6.05. The molecule has 0 aromatic rings. The van der Waals surface area contributed by atoms with E-state index in [4.69, 9.17) is 0 Å². The zero-order valence-corrected chi connectivity index (χ0v) is 11.0. The van der Waals surface area contributed by atoms with Gasteiger partial charge in [0.15, 0.2) is 0 Å². The van der Waals surface area contributed by atoms with Crippen LogP contribution >= 0.6 is 0 Å². The largest absolute Gasteiger partial charge is 0.313 e. The molecule has 2 fully saturated rings. The average molecular weight is 224 g/mol. The van der Waals surface area contributed by atoms with Gasteiger partial charge in [-0.15, -0.1) is 0 Å². The van der Waals surface area contributed by atoms with Crippen molar-refractivity contribution in [3.05, 3.63) is 0 Å². The highest BCUT2D eigenvalue weighted by Gasteiger charge is 2.23. The molecule has 16 heavy (non-hydrogen) atoms. The van der Waals surface area contributed by atoms with Crippen molar-refractivity contribution in [2.24, 2.45) is 11.8 Å². The number of nitrogens with zero attached hydrogens (tertiary/aromatic N) is 1. The highest BCUT2D eigenvalue weighted by atomic mass is 15.1. The third-order valence-corrected chi connectivity index (χ3v) is 4.50. The maximum absolute atomic E-state index is 3.83. The molecule has 1 aliphatic carbocycles. The van der Waals surface area contributed by atoms with Gasteiger partial charge in [-0.05, 0) is 57.7 Å². The van der Waals surface area contributed by atoms with E-state index in [0.29, 0.717) is 0 Å². The first-order valence-corrected chi connectivity index (χ1v) is 7.17. The van der Waals surface area contributed by atoms with Crippen LogP contribution in [0.2, 0.25) is 0 Å². The zero-order chi connectivity index (χ0) is 11.4. The van der Waals surface area contributed by atoms with Gasteiger partial charge in [0, 0.05) is 12.6 Å². The summed E-state index contributed by atoms with van der Waals surface area (Å²) in [5.74, 6) is 1.79. The van der Waals surface area contributed by atoms with Crippen LogP contribution < -0.4 is 5.32 Å². The van der Waals surface area contributed by atoms with Crippen molar-refractivity contribution in [1.82, 2.24) is 10.2 Å². The average Bonchev–Trinajstić information content (AvgIpc) is 2.28. The Morgan fingerprint density at radius 1 is 1.12 bits per heavy atom. The molecule has 2 heteroatoms. The SMILES string of the molecule is CC1CCCCC1NCC1CCCN(C)C1. The van der Waals surface area contributed by atoms with Crippen LogP contribution in [0.25, 0.3) is 0 Å². The first-order valence-electron chi connectivity index (χ1n) is 7.17. The molecule has 94 valence electrons. The van der Waals surface area contributed by atoms with E-state index in [9.17, 15) is 0 Å². The summed E-state index contributed by atoms with van der Waals surface area (Å²) in [7, 11) is 2.26. The Balaban J connectivity index is 1.69. The summed E-state index contributed by atoms with van der Waals surface area (Å²) < 4.78 is 0. The van der Waals surface area contributed by atoms with E-state index in [1.165, 1.54) is 58.2 Å². The molecule has 0 spiro atoms. The fourth-order valence-corrected chi connectivity index (χ4v) is 3.38. The van der Waals surface area contributed by atoms with E-state index in [1.54, 1.807) is 0 Å². The number of hydrogen-bond acceptors (Lipinski definition) is 2. The molecule has 0 aromatic carbocycles. The summed E-state index contributed by atoms with van der Waals surface area (Å²) in [6.45, 7) is 6.27. The lowest BCUT2D eigenvalue weighted by Crippen LogP contribution is -2.43. The summed E-state index contributed by atoms with van der Waals surface area (Å²) in [6.07, 6.45) is 8.55. The summed E-state index contributed by atoms with van der Waals surface area (Å²) in [5, 5.41) is 3.83. The Morgan fingerprint density at radius 3 is 2.69 bits per heavy atom. The predicted molar refractivity (Wildman–Crippen MR) is 69.6 cm³/mol. The van der Waals surface area contributed by atoms with Crippen LogP contribution in [0.1, 0.15) is 45.4 Å². The van der Waals surface area contributed by atoms with Gasteiger partial charge in [0.2, 0.25) is 0 Å². The quantitative estimate of drug-likeness (QED) is 0.792. The summed E-state index contributed by atoms with van der Waals surface area (Å²) in [6, 6.07) is 0.806. The second kappa shape index (κ2) is 6.02. The van der Waals surface area contributed by atoms with Crippen molar-refractivity contribution < 1.29 is 0 Å². The molecule has 0 aromatic heterocycles. The van der Waals surface area contributed by atoms with Gasteiger partial charge >= 0.3 is 0 Å². The van der Waals surface area contributed by atoms with Crippen LogP contribution in [-0.4, -0.2) is 37.6 Å². The van der Waals surface area contributed by atoms with E-state index in [1.807, 2.05) is 0 Å². The lowest BCUT2D eigenvalue weighted by atomic mass is 9.85. The zero-order valence-electron chi connectivity index (χ0n) is 11.0. The summed E-state index contributed by atoms with van der Waals surface area (Å²) >= 11 is 0. The predicted octanol–water partition coefficient (Wildman–Crippen LogP) is 2.50. The van der Waals surface area contributed by atoms with Gasteiger partial charge in [-0.2, -0.15) is 0 Å². The van der Waals surface area contributed by atoms with E-state index in [-0.39, 0.29) is 0 Å². The van der Waals surface area contributed by atoms with Crippen molar-refractivity contribution >= 4 is 0 Å². The maximum Gasteiger partial charge on any atom is 0.00928 e. The lowest BCUT2D eigenvalue weighted by Gasteiger charge is -2.34. The highest BCUT2D eigenvalue weighted by molar-refractivity contribution is 4.80. The van der Waals surface area contributed by atoms with E-state index in [0.717, 1.165) is 17.9 Å². The topological polar surface area (TPSA) is 15.3 Å². The van der Waals surface area contributed by atoms with Crippen molar-refractivity contribution in [2.45, 2.75) is 51.5 Å². The molecule has 0 amide bonds. The van der Waals surface area contributed by atoms with Crippen molar-refractivity contribution in [2.75, 3.05) is 26.7 Å². The molecule has 2 rings (SSSR count). The maximum atomic E-state index is 3.83. The van der Waals surface area contributed by atoms with Crippen LogP contribution in [0.5, 0.6) is 0 Å². The van der Waals surface area contributed by atoms with Crippen molar-refractivity contribution in [1.29, 1.82) is 0 Å². The monoisotopic (exact) mass is 224 g/mol. The minimum atomic E-state index is 0.806. The van der Waals surface area contributed by atoms with Gasteiger partial charge in [0.1, 0.15) is 0 Å². The molecule has 0 radical (unpaired) electrons. The molecular formula is C14H28N2. The fraction of sp³-hybridized carbons (Fsp3) is 1.00. The summed E-state index contributed by atoms with van der Waals surface area (Å²) in [5.41, 5.74) is 0. The van der Waals surface area contributed by atoms with E-state index in [2.05, 4.69) is 24.2 Å². The Labute approximate surface area is 101 Å². The van der Waals surface area contributed by atoms with Crippen LogP contribution in [0.15, 0.2) is 0 Å². The van der Waals surface area contributed by atoms with Gasteiger partial charge in [0.05, 0.1) is 0 Å². The first kappa shape index (κ1) is 12.4. The number of piperidine rings is 1. The molecule has 0 bridgehead atoms. The Morgan fingerprint density at radius 2 is 1.94 bits per heavy atom. The molecule has 3 atom stereocenters. The van der Waals surface area contributed by atoms with Crippen LogP contribution in [-0.2, 0) is 0 Å². The third kappa shape index (κ3) is 3.46. The Hall–Kier alpha value is -0.0800. The Bertz CT molecular complexity index is 205. The molecule has 2 nitrogen and oxygen atoms in total. The molecule has 1 N–H and O–H groups in total. The van der Waals surface area contributed by atoms with Crippen LogP contribution in [0, 0.1) is 11.8 Å². The molecular weight excluding hydrogens is 196 g/mol. The Kier molecular flexibility index (Phi) is 4.66. The summed E-state index contributed by atoms with van der Waals surface area (Å²) in [4.78, 5) is 2.49. The molecule has 1 heterocycles. The van der Waals surface area contributed by atoms with Crippen LogP contribution in [0.3, 0.4) is 0 Å². The highest BCUT2D eigenvalue weighted by Crippen LogP contribution is 2.24. The molecule has 1 saturated heterocycles. The van der Waals surface area contributed by atoms with E-state index < -0.39 is 0 Å². The molecule has 1 saturated carbocycles. The van der Waals surface area contributed by atoms with Crippen LogP contribution in [0.4, 0.5) is 0 Å². The third-order valence-electron chi connectivity index (χ3n) is 4.50. The first-order chi connectivity index (χ1) is 7.75. The normalized spacial score (nSPS) is 37.5. The second-order valence-corrected chi connectivity index (χ2v) is 6.05. The van der Waals surface area contributed by atoms with E-state index >= 15 is 0 Å². The lowest BCUT2D eigenvalue weighted by molar-refractivity contribution is 0.190.